The number of hydrogen-bond donors (Lipinski definition) is 0. The molecule has 0 spiro atoms. The van der Waals surface area contributed by atoms with Crippen molar-refractivity contribution in [3.63, 3.8) is 0 Å². The highest BCUT2D eigenvalue weighted by molar-refractivity contribution is 5.27. The summed E-state index contributed by atoms with van der Waals surface area (Å²) in [7, 11) is 1.90. The molecule has 1 saturated heterocycles. The second kappa shape index (κ2) is 4.11. The molecule has 0 saturated carbocycles. The van der Waals surface area contributed by atoms with E-state index in [0.29, 0.717) is 25.3 Å². The van der Waals surface area contributed by atoms with Crippen LogP contribution >= 0.6 is 0 Å². The molecule has 2 rings (SSSR count). The number of benzene rings is 1. The fraction of sp³-hybridized carbons (Fsp3) is 0.500. The highest BCUT2D eigenvalue weighted by atomic mass is 19.1. The molecule has 0 aromatic heterocycles. The van der Waals surface area contributed by atoms with Crippen molar-refractivity contribution in [2.45, 2.75) is 12.5 Å². The third kappa shape index (κ3) is 1.83. The van der Waals surface area contributed by atoms with Crippen LogP contribution in [0.25, 0.3) is 0 Å². The number of ether oxygens (including phenoxy) is 1. The molecule has 0 radical (unpaired) electrons. The molecule has 0 N–H and O–H groups in total. The summed E-state index contributed by atoms with van der Waals surface area (Å²) in [6.45, 7) is 3.59. The van der Waals surface area contributed by atoms with Crippen LogP contribution in [-0.2, 0) is 10.3 Å². The Hall–Kier alpha value is -1.00. The second-order valence-corrected chi connectivity index (χ2v) is 4.37. The van der Waals surface area contributed by atoms with Gasteiger partial charge < -0.3 is 4.74 Å². The van der Waals surface area contributed by atoms with Crippen molar-refractivity contribution >= 4 is 0 Å². The molecule has 1 heterocycles. The van der Waals surface area contributed by atoms with E-state index in [0.717, 1.165) is 6.07 Å². The highest BCUT2D eigenvalue weighted by Crippen LogP contribution is 2.32. The highest BCUT2D eigenvalue weighted by Gasteiger charge is 2.36. The number of rotatable bonds is 1. The summed E-state index contributed by atoms with van der Waals surface area (Å²) in [6.07, 6.45) is 0. The Morgan fingerprint density at radius 3 is 2.81 bits per heavy atom. The maximum absolute atomic E-state index is 13.7. The predicted molar refractivity (Wildman–Crippen MR) is 57.2 cm³/mol. The summed E-state index contributed by atoms with van der Waals surface area (Å²) < 4.78 is 32.3. The summed E-state index contributed by atoms with van der Waals surface area (Å²) in [4.78, 5) is 1.99. The first kappa shape index (κ1) is 11.5. The van der Waals surface area contributed by atoms with E-state index in [1.54, 1.807) is 0 Å². The molecule has 1 aliphatic heterocycles. The SMILES string of the molecule is CN1CCOCC1(C)c1cc(F)ccc1F. The van der Waals surface area contributed by atoms with E-state index in [9.17, 15) is 8.78 Å². The van der Waals surface area contributed by atoms with Gasteiger partial charge >= 0.3 is 0 Å². The van der Waals surface area contributed by atoms with Crippen LogP contribution in [0.1, 0.15) is 12.5 Å². The summed E-state index contributed by atoms with van der Waals surface area (Å²) in [5, 5.41) is 0. The third-order valence-electron chi connectivity index (χ3n) is 3.31. The summed E-state index contributed by atoms with van der Waals surface area (Å²) in [5.41, 5.74) is -0.237. The van der Waals surface area contributed by atoms with Crippen molar-refractivity contribution in [2.24, 2.45) is 0 Å². The Bertz CT molecular complexity index is 397. The Kier molecular flexibility index (Phi) is 2.95. The molecule has 1 aromatic rings. The number of hydrogen-bond acceptors (Lipinski definition) is 2. The summed E-state index contributed by atoms with van der Waals surface area (Å²) in [5.74, 6) is -0.808. The lowest BCUT2D eigenvalue weighted by molar-refractivity contribution is -0.0516. The zero-order valence-electron chi connectivity index (χ0n) is 9.46. The average molecular weight is 227 g/mol. The maximum Gasteiger partial charge on any atom is 0.128 e. The molecule has 1 aromatic carbocycles. The first-order chi connectivity index (χ1) is 7.54. The van der Waals surface area contributed by atoms with E-state index in [-0.39, 0.29) is 5.82 Å². The summed E-state index contributed by atoms with van der Waals surface area (Å²) in [6, 6.07) is 3.55. The minimum absolute atomic E-state index is 0.356. The molecular weight excluding hydrogens is 212 g/mol. The van der Waals surface area contributed by atoms with Gasteiger partial charge in [0.1, 0.15) is 11.6 Å². The molecule has 1 fully saturated rings. The van der Waals surface area contributed by atoms with Gasteiger partial charge in [-0.15, -0.1) is 0 Å². The molecule has 16 heavy (non-hydrogen) atoms. The number of nitrogens with zero attached hydrogens (tertiary/aromatic N) is 1. The van der Waals surface area contributed by atoms with Crippen molar-refractivity contribution in [1.82, 2.24) is 4.90 Å². The van der Waals surface area contributed by atoms with Gasteiger partial charge in [-0.3, -0.25) is 4.90 Å². The largest absolute Gasteiger partial charge is 0.378 e. The van der Waals surface area contributed by atoms with Crippen LogP contribution in [0.4, 0.5) is 8.78 Å². The molecule has 1 unspecified atom stereocenters. The van der Waals surface area contributed by atoms with Crippen molar-refractivity contribution in [3.8, 4) is 0 Å². The van der Waals surface area contributed by atoms with Crippen LogP contribution in [0.15, 0.2) is 18.2 Å². The molecule has 1 atom stereocenters. The van der Waals surface area contributed by atoms with Crippen molar-refractivity contribution < 1.29 is 13.5 Å². The van der Waals surface area contributed by atoms with Gasteiger partial charge in [0.25, 0.3) is 0 Å². The standard InChI is InChI=1S/C12H15F2NO/c1-12(8-16-6-5-15(12)2)10-7-9(13)3-4-11(10)14/h3-4,7H,5-6,8H2,1-2H3. The van der Waals surface area contributed by atoms with Crippen molar-refractivity contribution in [3.05, 3.63) is 35.4 Å². The Balaban J connectivity index is 2.44. The smallest absolute Gasteiger partial charge is 0.128 e. The monoisotopic (exact) mass is 227 g/mol. The van der Waals surface area contributed by atoms with Crippen LogP contribution < -0.4 is 0 Å². The first-order valence-corrected chi connectivity index (χ1v) is 5.28. The van der Waals surface area contributed by atoms with Crippen LogP contribution in [0, 0.1) is 11.6 Å². The van der Waals surface area contributed by atoms with E-state index in [2.05, 4.69) is 0 Å². The van der Waals surface area contributed by atoms with E-state index >= 15 is 0 Å². The molecule has 88 valence electrons. The molecule has 0 aliphatic carbocycles. The molecule has 0 bridgehead atoms. The number of likely N-dealkylation sites (N-methyl/N-ethyl adjacent to an activating group) is 1. The Morgan fingerprint density at radius 1 is 1.38 bits per heavy atom. The van der Waals surface area contributed by atoms with Gasteiger partial charge in [-0.1, -0.05) is 0 Å². The summed E-state index contributed by atoms with van der Waals surface area (Å²) >= 11 is 0. The lowest BCUT2D eigenvalue weighted by atomic mass is 9.89. The van der Waals surface area contributed by atoms with E-state index in [4.69, 9.17) is 4.74 Å². The lowest BCUT2D eigenvalue weighted by Gasteiger charge is -2.42. The maximum atomic E-state index is 13.7. The molecular formula is C12H15F2NO. The molecule has 0 amide bonds. The van der Waals surface area contributed by atoms with Gasteiger partial charge in [0.15, 0.2) is 0 Å². The van der Waals surface area contributed by atoms with E-state index in [1.165, 1.54) is 12.1 Å². The van der Waals surface area contributed by atoms with Gasteiger partial charge in [-0.25, -0.2) is 8.78 Å². The van der Waals surface area contributed by atoms with Crippen LogP contribution in [0.2, 0.25) is 0 Å². The van der Waals surface area contributed by atoms with E-state index in [1.807, 2.05) is 18.9 Å². The van der Waals surface area contributed by atoms with Gasteiger partial charge in [0.2, 0.25) is 0 Å². The zero-order valence-corrected chi connectivity index (χ0v) is 9.46. The lowest BCUT2D eigenvalue weighted by Crippen LogP contribution is -2.50. The third-order valence-corrected chi connectivity index (χ3v) is 3.31. The Labute approximate surface area is 93.8 Å². The molecule has 4 heteroatoms. The van der Waals surface area contributed by atoms with Crippen molar-refractivity contribution in [2.75, 3.05) is 26.8 Å². The Morgan fingerprint density at radius 2 is 2.12 bits per heavy atom. The van der Waals surface area contributed by atoms with Gasteiger partial charge in [-0.2, -0.15) is 0 Å². The zero-order chi connectivity index (χ0) is 11.8. The number of morpholine rings is 1. The quantitative estimate of drug-likeness (QED) is 0.728. The molecule has 2 nitrogen and oxygen atoms in total. The average Bonchev–Trinajstić information content (AvgIpc) is 2.26. The minimum atomic E-state index is -0.593. The predicted octanol–water partition coefficient (Wildman–Crippen LogP) is 2.14. The first-order valence-electron chi connectivity index (χ1n) is 5.28. The van der Waals surface area contributed by atoms with Crippen LogP contribution in [0.3, 0.4) is 0 Å². The van der Waals surface area contributed by atoms with Gasteiger partial charge in [-0.05, 0) is 32.2 Å². The van der Waals surface area contributed by atoms with E-state index < -0.39 is 11.4 Å². The fourth-order valence-corrected chi connectivity index (χ4v) is 2.02. The van der Waals surface area contributed by atoms with Crippen LogP contribution in [-0.4, -0.2) is 31.7 Å². The normalized spacial score (nSPS) is 27.0. The second-order valence-electron chi connectivity index (χ2n) is 4.37. The van der Waals surface area contributed by atoms with Crippen molar-refractivity contribution in [1.29, 1.82) is 0 Å². The fourth-order valence-electron chi connectivity index (χ4n) is 2.02. The minimum Gasteiger partial charge on any atom is -0.378 e. The topological polar surface area (TPSA) is 12.5 Å². The van der Waals surface area contributed by atoms with Crippen LogP contribution in [0.5, 0.6) is 0 Å². The van der Waals surface area contributed by atoms with Gasteiger partial charge in [0, 0.05) is 12.1 Å². The molecule has 1 aliphatic rings. The number of halogens is 2. The van der Waals surface area contributed by atoms with Gasteiger partial charge in [0.05, 0.1) is 18.8 Å².